The third-order valence-electron chi connectivity index (χ3n) is 9.80. The van der Waals surface area contributed by atoms with E-state index in [1.54, 1.807) is 0 Å². The molecular weight excluding hydrogens is 585 g/mol. The summed E-state index contributed by atoms with van der Waals surface area (Å²) in [4.78, 5) is 11.0. The van der Waals surface area contributed by atoms with E-state index >= 15 is 0 Å². The van der Waals surface area contributed by atoms with Crippen LogP contribution in [0.5, 0.6) is 0 Å². The highest BCUT2D eigenvalue weighted by molar-refractivity contribution is 7.03. The first kappa shape index (κ1) is 27.6. The van der Waals surface area contributed by atoms with Gasteiger partial charge in [-0.25, -0.2) is 9.97 Å². The molecule has 0 radical (unpaired) electrons. The fourth-order valence-electron chi connectivity index (χ4n) is 7.36. The molecule has 3 heteroatoms. The molecule has 0 amide bonds. The van der Waals surface area contributed by atoms with E-state index in [2.05, 4.69) is 171 Å². The zero-order valence-electron chi connectivity index (χ0n) is 26.4. The van der Waals surface area contributed by atoms with E-state index in [0.29, 0.717) is 0 Å². The molecule has 0 aliphatic carbocycles. The van der Waals surface area contributed by atoms with Crippen LogP contribution in [0.15, 0.2) is 158 Å². The fourth-order valence-corrected chi connectivity index (χ4v) is 10.3. The van der Waals surface area contributed by atoms with Crippen molar-refractivity contribution in [1.82, 2.24) is 9.97 Å². The monoisotopic (exact) mass is 616 g/mol. The second kappa shape index (κ2) is 10.7. The number of hydrogen-bond donors (Lipinski definition) is 0. The SMILES string of the molecule is C[Si]1(C)c2cc3ccccc3cc2-c2c(-c3cccc(-c4cccc(-c5ccccc5)c4)c3)nc(-c3cccc4ccccc34)nc21. The highest BCUT2D eigenvalue weighted by Crippen LogP contribution is 2.40. The minimum Gasteiger partial charge on any atom is -0.237 e. The summed E-state index contributed by atoms with van der Waals surface area (Å²) in [6, 6.07) is 56.8. The van der Waals surface area contributed by atoms with E-state index in [0.717, 1.165) is 22.6 Å². The van der Waals surface area contributed by atoms with Crippen LogP contribution in [0.3, 0.4) is 0 Å². The molecule has 0 N–H and O–H groups in total. The van der Waals surface area contributed by atoms with Crippen LogP contribution in [-0.4, -0.2) is 18.0 Å². The predicted molar refractivity (Wildman–Crippen MR) is 201 cm³/mol. The van der Waals surface area contributed by atoms with E-state index in [4.69, 9.17) is 9.97 Å². The Hall–Kier alpha value is -5.64. The fraction of sp³-hybridized carbons (Fsp3) is 0.0455. The Morgan fingerprint density at radius 1 is 0.426 bits per heavy atom. The Morgan fingerprint density at radius 3 is 1.74 bits per heavy atom. The topological polar surface area (TPSA) is 25.8 Å². The van der Waals surface area contributed by atoms with Crippen molar-refractivity contribution in [3.63, 3.8) is 0 Å². The second-order valence-corrected chi connectivity index (χ2v) is 17.3. The van der Waals surface area contributed by atoms with Crippen molar-refractivity contribution < 1.29 is 0 Å². The maximum absolute atomic E-state index is 5.49. The number of hydrogen-bond acceptors (Lipinski definition) is 2. The highest BCUT2D eigenvalue weighted by Gasteiger charge is 2.42. The van der Waals surface area contributed by atoms with Gasteiger partial charge in [0.15, 0.2) is 5.82 Å². The first-order valence-electron chi connectivity index (χ1n) is 16.3. The lowest BCUT2D eigenvalue weighted by Crippen LogP contribution is -2.51. The third kappa shape index (κ3) is 4.54. The zero-order valence-corrected chi connectivity index (χ0v) is 27.4. The van der Waals surface area contributed by atoms with E-state index < -0.39 is 8.07 Å². The first-order valence-corrected chi connectivity index (χ1v) is 19.3. The van der Waals surface area contributed by atoms with Crippen LogP contribution in [0.2, 0.25) is 13.1 Å². The number of aromatic nitrogens is 2. The predicted octanol–water partition coefficient (Wildman–Crippen LogP) is 10.3. The van der Waals surface area contributed by atoms with Gasteiger partial charge >= 0.3 is 0 Å². The number of benzene rings is 7. The quantitative estimate of drug-likeness (QED) is 0.184. The van der Waals surface area contributed by atoms with Gasteiger partial charge in [-0.05, 0) is 72.7 Å². The van der Waals surface area contributed by atoms with Crippen LogP contribution >= 0.6 is 0 Å². The van der Waals surface area contributed by atoms with Crippen molar-refractivity contribution in [2.45, 2.75) is 13.1 Å². The van der Waals surface area contributed by atoms with Crippen LogP contribution < -0.4 is 10.5 Å². The Balaban J connectivity index is 1.29. The molecule has 0 unspecified atom stereocenters. The van der Waals surface area contributed by atoms with E-state index in [9.17, 15) is 0 Å². The van der Waals surface area contributed by atoms with Crippen molar-refractivity contribution in [3.8, 4) is 56.0 Å². The van der Waals surface area contributed by atoms with Gasteiger partial charge in [-0.15, -0.1) is 0 Å². The molecule has 2 heterocycles. The van der Waals surface area contributed by atoms with Gasteiger partial charge < -0.3 is 0 Å². The van der Waals surface area contributed by atoms with Gasteiger partial charge in [-0.2, -0.15) is 0 Å². The second-order valence-electron chi connectivity index (χ2n) is 13.0. The minimum atomic E-state index is -2.17. The molecule has 1 aliphatic heterocycles. The Kier molecular flexibility index (Phi) is 6.31. The number of fused-ring (bicyclic) bond motifs is 5. The lowest BCUT2D eigenvalue weighted by atomic mass is 9.94. The first-order chi connectivity index (χ1) is 23.0. The largest absolute Gasteiger partial charge is 0.237 e. The normalized spacial score (nSPS) is 13.1. The summed E-state index contributed by atoms with van der Waals surface area (Å²) in [7, 11) is -2.17. The van der Waals surface area contributed by atoms with Gasteiger partial charge in [0.05, 0.1) is 5.69 Å². The molecule has 0 saturated carbocycles. The lowest BCUT2D eigenvalue weighted by molar-refractivity contribution is 1.21. The summed E-state index contributed by atoms with van der Waals surface area (Å²) in [6.45, 7) is 4.89. The average Bonchev–Trinajstić information content (AvgIpc) is 3.35. The van der Waals surface area contributed by atoms with Gasteiger partial charge in [-0.3, -0.25) is 0 Å². The maximum atomic E-state index is 5.49. The van der Waals surface area contributed by atoms with Gasteiger partial charge in [0, 0.05) is 22.0 Å². The zero-order chi connectivity index (χ0) is 31.5. The Labute approximate surface area is 276 Å². The molecule has 47 heavy (non-hydrogen) atoms. The van der Waals surface area contributed by atoms with Crippen molar-refractivity contribution in [3.05, 3.63) is 158 Å². The molecular formula is C44H32N2Si. The standard InChI is InChI=1S/C44H32N2Si/c1-47(2)40-28-35-17-7-6-16-34(35)27-39(40)41-42(45-43(46-44(41)47)38-24-12-18-30-15-8-9-23-37(30)38)36-22-11-21-33(26-36)32-20-10-19-31(25-32)29-13-4-3-5-14-29/h3-28H,1-2H3. The van der Waals surface area contributed by atoms with E-state index in [1.165, 1.54) is 65.4 Å². The molecule has 0 saturated heterocycles. The highest BCUT2D eigenvalue weighted by atomic mass is 28.3. The van der Waals surface area contributed by atoms with Crippen molar-refractivity contribution in [2.75, 3.05) is 0 Å². The van der Waals surface area contributed by atoms with Crippen LogP contribution in [-0.2, 0) is 0 Å². The van der Waals surface area contributed by atoms with Gasteiger partial charge in [0.2, 0.25) is 0 Å². The molecule has 0 spiro atoms. The number of rotatable bonds is 4. The molecule has 0 atom stereocenters. The molecule has 1 aliphatic rings. The van der Waals surface area contributed by atoms with E-state index in [-0.39, 0.29) is 0 Å². The average molecular weight is 617 g/mol. The van der Waals surface area contributed by atoms with E-state index in [1.807, 2.05) is 0 Å². The third-order valence-corrected chi connectivity index (χ3v) is 13.1. The molecule has 7 aromatic carbocycles. The molecule has 9 rings (SSSR count). The van der Waals surface area contributed by atoms with Crippen LogP contribution in [0.1, 0.15) is 0 Å². The lowest BCUT2D eigenvalue weighted by Gasteiger charge is -2.19. The molecule has 2 nitrogen and oxygen atoms in total. The van der Waals surface area contributed by atoms with Gasteiger partial charge in [-0.1, -0.05) is 153 Å². The minimum absolute atomic E-state index is 0.796. The summed E-state index contributed by atoms with van der Waals surface area (Å²) in [5.41, 5.74) is 10.5. The summed E-state index contributed by atoms with van der Waals surface area (Å²) in [6.07, 6.45) is 0. The summed E-state index contributed by atoms with van der Waals surface area (Å²) < 4.78 is 0. The van der Waals surface area contributed by atoms with Gasteiger partial charge in [0.1, 0.15) is 8.07 Å². The van der Waals surface area contributed by atoms with Crippen molar-refractivity contribution >= 4 is 40.1 Å². The van der Waals surface area contributed by atoms with Crippen LogP contribution in [0.25, 0.3) is 77.6 Å². The van der Waals surface area contributed by atoms with Crippen molar-refractivity contribution in [1.29, 1.82) is 0 Å². The molecule has 1 aromatic heterocycles. The van der Waals surface area contributed by atoms with Gasteiger partial charge in [0.25, 0.3) is 0 Å². The Bertz CT molecular complexity index is 2490. The molecule has 0 fully saturated rings. The molecule has 0 bridgehead atoms. The number of nitrogens with zero attached hydrogens (tertiary/aromatic N) is 2. The van der Waals surface area contributed by atoms with Crippen molar-refractivity contribution in [2.24, 2.45) is 0 Å². The van der Waals surface area contributed by atoms with Crippen LogP contribution in [0.4, 0.5) is 0 Å². The molecule has 222 valence electrons. The Morgan fingerprint density at radius 2 is 0.979 bits per heavy atom. The summed E-state index contributed by atoms with van der Waals surface area (Å²) in [5, 5.41) is 7.55. The summed E-state index contributed by atoms with van der Waals surface area (Å²) in [5.74, 6) is 0.796. The smallest absolute Gasteiger partial charge is 0.160 e. The maximum Gasteiger partial charge on any atom is 0.160 e. The summed E-state index contributed by atoms with van der Waals surface area (Å²) >= 11 is 0. The van der Waals surface area contributed by atoms with Crippen LogP contribution in [0, 0.1) is 0 Å². The molecule has 8 aromatic rings.